The van der Waals surface area contributed by atoms with Crippen molar-refractivity contribution < 1.29 is 9.53 Å². The summed E-state index contributed by atoms with van der Waals surface area (Å²) >= 11 is 5.80. The minimum atomic E-state index is 0.129. The summed E-state index contributed by atoms with van der Waals surface area (Å²) in [6.45, 7) is 2.66. The van der Waals surface area contributed by atoms with Gasteiger partial charge in [0.2, 0.25) is 5.91 Å². The largest absolute Gasteiger partial charge is 0.494 e. The third kappa shape index (κ3) is 5.94. The Morgan fingerprint density at radius 3 is 2.67 bits per heavy atom. The summed E-state index contributed by atoms with van der Waals surface area (Å²) in [5.41, 5.74) is 0. The van der Waals surface area contributed by atoms with Crippen molar-refractivity contribution in [1.82, 2.24) is 10.2 Å². The van der Waals surface area contributed by atoms with Crippen LogP contribution in [0.5, 0.6) is 5.75 Å². The Kier molecular flexibility index (Phi) is 6.33. The highest BCUT2D eigenvalue weighted by molar-refractivity contribution is 6.30. The number of piperidine rings is 1. The summed E-state index contributed by atoms with van der Waals surface area (Å²) < 4.78 is 5.57. The van der Waals surface area contributed by atoms with Crippen LogP contribution < -0.4 is 10.1 Å². The zero-order valence-corrected chi connectivity index (χ0v) is 13.2. The number of nitrogens with one attached hydrogen (secondary N) is 1. The van der Waals surface area contributed by atoms with E-state index in [-0.39, 0.29) is 5.91 Å². The summed E-state index contributed by atoms with van der Waals surface area (Å²) in [4.78, 5) is 14.1. The molecule has 0 unspecified atom stereocenters. The smallest absolute Gasteiger partial charge is 0.220 e. The van der Waals surface area contributed by atoms with E-state index in [2.05, 4.69) is 17.3 Å². The third-order valence-electron chi connectivity index (χ3n) is 3.71. The molecule has 1 saturated heterocycles. The lowest BCUT2D eigenvalue weighted by atomic mass is 10.1. The molecule has 2 rings (SSSR count). The number of carbonyl (C=O) groups is 1. The van der Waals surface area contributed by atoms with Crippen LogP contribution in [0.1, 0.15) is 25.7 Å². The molecule has 1 amide bonds. The van der Waals surface area contributed by atoms with Crippen LogP contribution in [0.2, 0.25) is 5.02 Å². The molecule has 116 valence electrons. The van der Waals surface area contributed by atoms with Gasteiger partial charge in [-0.15, -0.1) is 0 Å². The number of nitrogens with zero attached hydrogens (tertiary/aromatic N) is 1. The minimum absolute atomic E-state index is 0.129. The molecular formula is C16H23ClN2O2. The van der Waals surface area contributed by atoms with E-state index in [1.54, 1.807) is 12.1 Å². The number of halogens is 1. The van der Waals surface area contributed by atoms with Gasteiger partial charge >= 0.3 is 0 Å². The molecule has 1 N–H and O–H groups in total. The maximum Gasteiger partial charge on any atom is 0.220 e. The first-order chi connectivity index (χ1) is 10.1. The first-order valence-electron chi connectivity index (χ1n) is 7.50. The van der Waals surface area contributed by atoms with Gasteiger partial charge in [0.15, 0.2) is 0 Å². The lowest BCUT2D eigenvalue weighted by molar-refractivity contribution is -0.122. The Labute approximate surface area is 131 Å². The maximum absolute atomic E-state index is 11.9. The Morgan fingerprint density at radius 2 is 2.00 bits per heavy atom. The Hall–Kier alpha value is -1.26. The van der Waals surface area contributed by atoms with Crippen LogP contribution in [0, 0.1) is 0 Å². The van der Waals surface area contributed by atoms with E-state index in [4.69, 9.17) is 16.3 Å². The van der Waals surface area contributed by atoms with E-state index in [0.717, 1.165) is 38.1 Å². The summed E-state index contributed by atoms with van der Waals surface area (Å²) in [6.07, 6.45) is 3.33. The van der Waals surface area contributed by atoms with Gasteiger partial charge in [0.05, 0.1) is 6.61 Å². The van der Waals surface area contributed by atoms with E-state index < -0.39 is 0 Å². The fraction of sp³-hybridized carbons (Fsp3) is 0.562. The monoisotopic (exact) mass is 310 g/mol. The van der Waals surface area contributed by atoms with Crippen molar-refractivity contribution in [2.45, 2.75) is 31.7 Å². The highest BCUT2D eigenvalue weighted by atomic mass is 35.5. The average molecular weight is 311 g/mol. The molecule has 1 aromatic rings. The Balaban J connectivity index is 1.58. The molecule has 0 bridgehead atoms. The van der Waals surface area contributed by atoms with Gasteiger partial charge in [-0.3, -0.25) is 4.79 Å². The van der Waals surface area contributed by atoms with E-state index >= 15 is 0 Å². The zero-order chi connectivity index (χ0) is 15.1. The molecule has 0 spiro atoms. The van der Waals surface area contributed by atoms with E-state index in [1.165, 1.54) is 0 Å². The quantitative estimate of drug-likeness (QED) is 0.821. The van der Waals surface area contributed by atoms with Crippen molar-refractivity contribution in [3.05, 3.63) is 29.3 Å². The summed E-state index contributed by atoms with van der Waals surface area (Å²) in [7, 11) is 2.12. The topological polar surface area (TPSA) is 41.6 Å². The molecule has 5 heteroatoms. The number of hydrogen-bond acceptors (Lipinski definition) is 3. The first kappa shape index (κ1) is 16.1. The van der Waals surface area contributed by atoms with Gasteiger partial charge in [-0.25, -0.2) is 0 Å². The molecule has 1 fully saturated rings. The minimum Gasteiger partial charge on any atom is -0.494 e. The lowest BCUT2D eigenvalue weighted by Crippen LogP contribution is -2.43. The molecule has 1 heterocycles. The predicted molar refractivity (Wildman–Crippen MR) is 84.8 cm³/mol. The van der Waals surface area contributed by atoms with Crippen molar-refractivity contribution in [2.75, 3.05) is 26.7 Å². The van der Waals surface area contributed by atoms with Crippen LogP contribution in [0.15, 0.2) is 24.3 Å². The highest BCUT2D eigenvalue weighted by Crippen LogP contribution is 2.15. The van der Waals surface area contributed by atoms with Crippen LogP contribution in [-0.2, 0) is 4.79 Å². The van der Waals surface area contributed by atoms with Crippen LogP contribution in [0.25, 0.3) is 0 Å². The fourth-order valence-electron chi connectivity index (χ4n) is 2.41. The van der Waals surface area contributed by atoms with Gasteiger partial charge in [-0.2, -0.15) is 0 Å². The molecular weight excluding hydrogens is 288 g/mol. The number of likely N-dealkylation sites (tertiary alicyclic amines) is 1. The van der Waals surface area contributed by atoms with Crippen molar-refractivity contribution in [3.8, 4) is 5.75 Å². The van der Waals surface area contributed by atoms with E-state index in [1.807, 2.05) is 12.1 Å². The van der Waals surface area contributed by atoms with Crippen molar-refractivity contribution >= 4 is 17.5 Å². The molecule has 0 aliphatic carbocycles. The Morgan fingerprint density at radius 1 is 1.33 bits per heavy atom. The van der Waals surface area contributed by atoms with Crippen LogP contribution in [0.4, 0.5) is 0 Å². The average Bonchev–Trinajstić information content (AvgIpc) is 2.48. The molecule has 0 aromatic heterocycles. The van der Waals surface area contributed by atoms with Gasteiger partial charge < -0.3 is 15.0 Å². The van der Waals surface area contributed by atoms with Crippen molar-refractivity contribution in [1.29, 1.82) is 0 Å². The second-order valence-electron chi connectivity index (χ2n) is 5.55. The van der Waals surface area contributed by atoms with E-state index in [9.17, 15) is 4.79 Å². The number of benzene rings is 1. The van der Waals surface area contributed by atoms with Crippen molar-refractivity contribution in [3.63, 3.8) is 0 Å². The summed E-state index contributed by atoms with van der Waals surface area (Å²) in [6, 6.07) is 7.60. The highest BCUT2D eigenvalue weighted by Gasteiger charge is 2.17. The lowest BCUT2D eigenvalue weighted by Gasteiger charge is -2.29. The first-order valence-corrected chi connectivity index (χ1v) is 7.87. The number of ether oxygens (including phenoxy) is 1. The molecule has 0 radical (unpaired) electrons. The third-order valence-corrected chi connectivity index (χ3v) is 3.97. The van der Waals surface area contributed by atoms with Gasteiger partial charge in [-0.1, -0.05) is 11.6 Å². The van der Waals surface area contributed by atoms with Crippen LogP contribution >= 0.6 is 11.6 Å². The fourth-order valence-corrected chi connectivity index (χ4v) is 2.53. The van der Waals surface area contributed by atoms with Crippen molar-refractivity contribution in [2.24, 2.45) is 0 Å². The normalized spacial score (nSPS) is 16.7. The number of hydrogen-bond donors (Lipinski definition) is 1. The van der Waals surface area contributed by atoms with Gasteiger partial charge in [0, 0.05) is 17.5 Å². The number of rotatable bonds is 6. The standard InChI is InChI=1S/C16H23ClN2O2/c1-19-10-8-14(9-11-19)18-16(20)3-2-12-21-15-6-4-13(17)5-7-15/h4-7,14H,2-3,8-12H2,1H3,(H,18,20). The molecule has 1 aliphatic rings. The molecule has 1 aromatic carbocycles. The summed E-state index contributed by atoms with van der Waals surface area (Å²) in [5.74, 6) is 0.916. The molecule has 0 saturated carbocycles. The van der Waals surface area contributed by atoms with Gasteiger partial charge in [0.25, 0.3) is 0 Å². The molecule has 1 aliphatic heterocycles. The molecule has 21 heavy (non-hydrogen) atoms. The maximum atomic E-state index is 11.9. The Bertz CT molecular complexity index is 442. The predicted octanol–water partition coefficient (Wildman–Crippen LogP) is 2.71. The second kappa shape index (κ2) is 8.25. The van der Waals surface area contributed by atoms with Crippen LogP contribution in [0.3, 0.4) is 0 Å². The van der Waals surface area contributed by atoms with Crippen LogP contribution in [-0.4, -0.2) is 43.6 Å². The van der Waals surface area contributed by atoms with E-state index in [0.29, 0.717) is 24.1 Å². The molecule has 0 atom stereocenters. The van der Waals surface area contributed by atoms with Gasteiger partial charge in [0.1, 0.15) is 5.75 Å². The number of amides is 1. The van der Waals surface area contributed by atoms with Gasteiger partial charge in [-0.05, 0) is 63.7 Å². The summed E-state index contributed by atoms with van der Waals surface area (Å²) in [5, 5.41) is 3.80. The zero-order valence-electron chi connectivity index (χ0n) is 12.5. The second-order valence-corrected chi connectivity index (χ2v) is 5.99. The number of carbonyl (C=O) groups excluding carboxylic acids is 1. The SMILES string of the molecule is CN1CCC(NC(=O)CCCOc2ccc(Cl)cc2)CC1. The molecule has 4 nitrogen and oxygen atoms in total.